The molecule has 0 bridgehead atoms. The fourth-order valence-electron chi connectivity index (χ4n) is 7.30. The highest BCUT2D eigenvalue weighted by Crippen LogP contribution is 2.29. The van der Waals surface area contributed by atoms with Crippen molar-refractivity contribution >= 4 is 28.0 Å². The molecule has 0 atom stereocenters. The monoisotopic (exact) mass is 861 g/mol. The number of benzene rings is 4. The Hall–Kier alpha value is -4.35. The number of quaternary nitrogens is 1. The molecule has 0 unspecified atom stereocenters. The highest BCUT2D eigenvalue weighted by atomic mass is 19.2. The number of hydrogen-bond acceptors (Lipinski definition) is 1. The molecule has 0 fully saturated rings. The summed E-state index contributed by atoms with van der Waals surface area (Å²) in [4.78, 5) is 1.75. The van der Waals surface area contributed by atoms with Gasteiger partial charge >= 0.3 is 0 Å². The van der Waals surface area contributed by atoms with Gasteiger partial charge in [0.15, 0.2) is 52.4 Å². The predicted molar refractivity (Wildman–Crippen MR) is 194 cm³/mol. The maximum absolute atomic E-state index is 15.4. The van der Waals surface area contributed by atoms with Crippen LogP contribution in [0.2, 0.25) is 0 Å². The fraction of sp³-hybridized carbons (Fsp3) is 0.415. The molecule has 0 amide bonds. The van der Waals surface area contributed by atoms with Gasteiger partial charge in [-0.1, -0.05) is 83.4 Å². The standard InChI is InChI=1S/C24H5BF15O.C17H37N/c26-10-7(11(27)17(33)22(38)16(10)32)25(5-3-1-2-4-6(5)41,8-12(28)18(34)23(39)19(35)13(8)29)9-14(30)20(36)24(40)21(37)15(9)31;1-4-6-8-10-12-14-16-18(3)17-15-13-11-9-7-5-2/h1-4,41H;4-17H2,1-3H3/q-1;/p+1. The second-order valence-electron chi connectivity index (χ2n) is 14.4. The van der Waals surface area contributed by atoms with E-state index in [9.17, 15) is 44.6 Å². The van der Waals surface area contributed by atoms with Crippen molar-refractivity contribution in [2.75, 3.05) is 20.1 Å². The van der Waals surface area contributed by atoms with E-state index in [-0.39, 0.29) is 6.07 Å². The first kappa shape index (κ1) is 49.0. The quantitative estimate of drug-likeness (QED) is 0.0338. The summed E-state index contributed by atoms with van der Waals surface area (Å²) < 4.78 is 221. The third kappa shape index (κ3) is 10.2. The van der Waals surface area contributed by atoms with Gasteiger partial charge in [-0.05, 0) is 31.7 Å². The van der Waals surface area contributed by atoms with Crippen LogP contribution in [0.3, 0.4) is 0 Å². The Kier molecular flexibility index (Phi) is 18.1. The molecule has 4 aromatic rings. The van der Waals surface area contributed by atoms with E-state index >= 15 is 26.3 Å². The number of para-hydroxylation sites is 1. The lowest BCUT2D eigenvalue weighted by Crippen LogP contribution is -3.09. The first-order valence-corrected chi connectivity index (χ1v) is 19.2. The third-order valence-corrected chi connectivity index (χ3v) is 10.3. The molecule has 0 aliphatic rings. The Balaban J connectivity index is 0.000000436. The maximum atomic E-state index is 15.4. The van der Waals surface area contributed by atoms with Crippen LogP contribution in [0.5, 0.6) is 5.75 Å². The zero-order valence-corrected chi connectivity index (χ0v) is 32.4. The van der Waals surface area contributed by atoms with E-state index < -0.39 is 121 Å². The van der Waals surface area contributed by atoms with E-state index in [4.69, 9.17) is 0 Å². The molecule has 0 spiro atoms. The Labute approximate surface area is 332 Å². The minimum Gasteiger partial charge on any atom is -0.511 e. The lowest BCUT2D eigenvalue weighted by atomic mass is 9.12. The van der Waals surface area contributed by atoms with Crippen LogP contribution in [0.4, 0.5) is 65.9 Å². The molecule has 18 heteroatoms. The lowest BCUT2D eigenvalue weighted by Gasteiger charge is -2.44. The number of hydrogen-bond donors (Lipinski definition) is 2. The van der Waals surface area contributed by atoms with Gasteiger partial charge in [-0.25, -0.2) is 65.9 Å². The molecule has 4 rings (SSSR count). The van der Waals surface area contributed by atoms with Crippen molar-refractivity contribution in [1.82, 2.24) is 0 Å². The van der Waals surface area contributed by atoms with E-state index in [2.05, 4.69) is 20.9 Å². The number of unbranched alkanes of at least 4 members (excludes halogenated alkanes) is 10. The molecule has 0 saturated carbocycles. The molecule has 0 heterocycles. The molecular formula is C41H43BF15NO. The van der Waals surface area contributed by atoms with Gasteiger partial charge in [0.2, 0.25) is 0 Å². The second-order valence-corrected chi connectivity index (χ2v) is 14.4. The molecule has 0 aromatic heterocycles. The summed E-state index contributed by atoms with van der Waals surface area (Å²) >= 11 is 0. The summed E-state index contributed by atoms with van der Waals surface area (Å²) in [7, 11) is 2.37. The topological polar surface area (TPSA) is 24.7 Å². The Morgan fingerprint density at radius 1 is 0.390 bits per heavy atom. The van der Waals surface area contributed by atoms with E-state index in [1.807, 2.05) is 0 Å². The molecule has 0 radical (unpaired) electrons. The first-order chi connectivity index (χ1) is 27.9. The molecule has 2 N–H and O–H groups in total. The molecule has 0 aliphatic heterocycles. The number of rotatable bonds is 18. The summed E-state index contributed by atoms with van der Waals surface area (Å²) in [5.41, 5.74) is -10.3. The molecule has 2 nitrogen and oxygen atoms in total. The van der Waals surface area contributed by atoms with Gasteiger partial charge in [-0.2, -0.15) is 5.46 Å². The summed E-state index contributed by atoms with van der Waals surface area (Å²) in [6.45, 7) is 7.36. The van der Waals surface area contributed by atoms with Crippen LogP contribution in [0.15, 0.2) is 24.3 Å². The van der Waals surface area contributed by atoms with E-state index in [0.29, 0.717) is 12.1 Å². The Morgan fingerprint density at radius 2 is 0.644 bits per heavy atom. The van der Waals surface area contributed by atoms with Crippen molar-refractivity contribution in [3.05, 3.63) is 112 Å². The van der Waals surface area contributed by atoms with Crippen LogP contribution in [-0.4, -0.2) is 31.4 Å². The van der Waals surface area contributed by atoms with Gasteiger partial charge in [0.05, 0.1) is 25.9 Å². The van der Waals surface area contributed by atoms with E-state index in [1.165, 1.54) is 90.1 Å². The summed E-state index contributed by atoms with van der Waals surface area (Å²) in [5, 5.41) is 10.5. The second kappa shape index (κ2) is 21.8. The van der Waals surface area contributed by atoms with Crippen LogP contribution in [0, 0.1) is 87.3 Å². The van der Waals surface area contributed by atoms with Crippen LogP contribution < -0.4 is 26.8 Å². The van der Waals surface area contributed by atoms with Gasteiger partial charge < -0.3 is 10.0 Å². The van der Waals surface area contributed by atoms with Crippen molar-refractivity contribution < 1.29 is 75.9 Å². The minimum atomic E-state index is -5.99. The number of halogens is 15. The highest BCUT2D eigenvalue weighted by Gasteiger charge is 2.49. The summed E-state index contributed by atoms with van der Waals surface area (Å²) in [5.74, 6) is -48.4. The zero-order chi connectivity index (χ0) is 44.4. The number of nitrogens with one attached hydrogen (secondary N) is 1. The molecule has 0 aliphatic carbocycles. The highest BCUT2D eigenvalue weighted by molar-refractivity contribution is 7.20. The first-order valence-electron chi connectivity index (χ1n) is 19.2. The molecule has 0 saturated heterocycles. The third-order valence-electron chi connectivity index (χ3n) is 10.3. The SMILES string of the molecule is CCCCCCCC[NH+](C)CCCCCCCC.Oc1ccccc1[B-](c1c(F)c(F)c(F)c(F)c1F)(c1c(F)c(F)c(F)c(F)c1F)c1c(F)c(F)c(F)c(F)c1F. The van der Waals surface area contributed by atoms with Gasteiger partial charge in [0.25, 0.3) is 0 Å². The Bertz CT molecular complexity index is 1810. The number of aromatic hydroxyl groups is 1. The van der Waals surface area contributed by atoms with E-state index in [1.54, 1.807) is 4.90 Å². The fourth-order valence-corrected chi connectivity index (χ4v) is 7.30. The summed E-state index contributed by atoms with van der Waals surface area (Å²) in [6, 6.07) is 1.92. The maximum Gasteiger partial charge on any atom is 0.200 e. The minimum absolute atomic E-state index is 0.184. The smallest absolute Gasteiger partial charge is 0.200 e. The van der Waals surface area contributed by atoms with Crippen LogP contribution in [0.25, 0.3) is 0 Å². The van der Waals surface area contributed by atoms with Gasteiger partial charge in [0.1, 0.15) is 41.0 Å². The van der Waals surface area contributed by atoms with Crippen molar-refractivity contribution in [3.63, 3.8) is 0 Å². The Morgan fingerprint density at radius 3 is 0.932 bits per heavy atom. The normalized spacial score (nSPS) is 11.7. The summed E-state index contributed by atoms with van der Waals surface area (Å²) in [6.07, 6.45) is 11.2. The molecule has 59 heavy (non-hydrogen) atoms. The van der Waals surface area contributed by atoms with E-state index in [0.717, 1.165) is 6.07 Å². The van der Waals surface area contributed by atoms with Crippen LogP contribution >= 0.6 is 0 Å². The molecule has 4 aromatic carbocycles. The average Bonchev–Trinajstić information content (AvgIpc) is 3.22. The zero-order valence-electron chi connectivity index (χ0n) is 32.4. The van der Waals surface area contributed by atoms with Crippen molar-refractivity contribution in [2.45, 2.75) is 90.9 Å². The number of phenols is 1. The number of phenolic OH excluding ortho intramolecular Hbond substituents is 1. The van der Waals surface area contributed by atoms with Crippen LogP contribution in [-0.2, 0) is 0 Å². The van der Waals surface area contributed by atoms with Gasteiger partial charge in [0, 0.05) is 0 Å². The average molecular weight is 862 g/mol. The lowest BCUT2D eigenvalue weighted by molar-refractivity contribution is -0.880. The van der Waals surface area contributed by atoms with Crippen molar-refractivity contribution in [3.8, 4) is 5.75 Å². The largest absolute Gasteiger partial charge is 0.511 e. The van der Waals surface area contributed by atoms with Crippen LogP contribution in [0.1, 0.15) is 90.9 Å². The van der Waals surface area contributed by atoms with Gasteiger partial charge in [-0.3, -0.25) is 0 Å². The molecule has 326 valence electrons. The van der Waals surface area contributed by atoms with Crippen molar-refractivity contribution in [1.29, 1.82) is 0 Å². The predicted octanol–water partition coefficient (Wildman–Crippen LogP) is 9.08. The van der Waals surface area contributed by atoms with Crippen molar-refractivity contribution in [2.24, 2.45) is 0 Å². The van der Waals surface area contributed by atoms with Gasteiger partial charge in [-0.15, -0.1) is 16.4 Å². The molecular weight excluding hydrogens is 818 g/mol.